The zero-order valence-electron chi connectivity index (χ0n) is 9.72. The molecule has 4 nitrogen and oxygen atoms in total. The van der Waals surface area contributed by atoms with Gasteiger partial charge in [0.15, 0.2) is 0 Å². The van der Waals surface area contributed by atoms with Gasteiger partial charge in [0, 0.05) is 4.90 Å². The van der Waals surface area contributed by atoms with Gasteiger partial charge in [-0.1, -0.05) is 36.4 Å². The summed E-state index contributed by atoms with van der Waals surface area (Å²) in [6.45, 7) is 0. The van der Waals surface area contributed by atoms with E-state index in [0.717, 1.165) is 0 Å². The molecule has 0 aliphatic rings. The lowest BCUT2D eigenvalue weighted by molar-refractivity contribution is 0.274. The molecule has 0 aromatic heterocycles. The average molecular weight is 294 g/mol. The lowest BCUT2D eigenvalue weighted by Gasteiger charge is -2.03. The molecule has 0 amide bonds. The van der Waals surface area contributed by atoms with E-state index in [1.165, 1.54) is 36.4 Å². The van der Waals surface area contributed by atoms with Crippen LogP contribution in [-0.4, -0.2) is 17.1 Å². The first kappa shape index (κ1) is 13.6. The van der Waals surface area contributed by atoms with Crippen molar-refractivity contribution >= 4 is 25.1 Å². The van der Waals surface area contributed by atoms with Crippen molar-refractivity contribution < 1.29 is 17.4 Å². The van der Waals surface area contributed by atoms with Gasteiger partial charge in [-0.15, -0.1) is 0 Å². The first-order valence-corrected chi connectivity index (χ1v) is 7.97. The molecule has 2 aromatic rings. The molecule has 2 aromatic carbocycles. The highest BCUT2D eigenvalue weighted by Crippen LogP contribution is 2.17. The van der Waals surface area contributed by atoms with Crippen molar-refractivity contribution in [2.75, 3.05) is 0 Å². The first-order valence-electron chi connectivity index (χ1n) is 5.34. The zero-order chi connectivity index (χ0) is 13.9. The number of hydrogen-bond acceptors (Lipinski definition) is 4. The zero-order valence-corrected chi connectivity index (χ0v) is 11.4. The molecule has 0 N–H and O–H groups in total. The lowest BCUT2D eigenvalue weighted by Crippen LogP contribution is -2.18. The standard InChI is InChI=1S/C13H10O4S2/c14-13(18(15)11-7-3-1-4-8-11)19(16,17)12-9-5-2-6-10-12/h1-10H. The number of benzene rings is 2. The van der Waals surface area contributed by atoms with Gasteiger partial charge >= 0.3 is 4.45 Å². The largest absolute Gasteiger partial charge is 0.342 e. The molecule has 0 bridgehead atoms. The Hall–Kier alpha value is -1.79. The maximum absolute atomic E-state index is 12.0. The summed E-state index contributed by atoms with van der Waals surface area (Å²) in [5.74, 6) is 0. The highest BCUT2D eigenvalue weighted by Gasteiger charge is 2.30. The van der Waals surface area contributed by atoms with Gasteiger partial charge < -0.3 is 0 Å². The summed E-state index contributed by atoms with van der Waals surface area (Å²) >= 11 is 0. The Bertz CT molecular complexity index is 707. The quantitative estimate of drug-likeness (QED) is 0.853. The molecule has 98 valence electrons. The summed E-state index contributed by atoms with van der Waals surface area (Å²) in [4.78, 5) is 11.9. The second-order valence-corrected chi connectivity index (χ2v) is 7.14. The predicted molar refractivity (Wildman–Crippen MR) is 71.9 cm³/mol. The van der Waals surface area contributed by atoms with E-state index in [2.05, 4.69) is 0 Å². The number of hydrogen-bond donors (Lipinski definition) is 0. The van der Waals surface area contributed by atoms with Crippen molar-refractivity contribution in [2.45, 2.75) is 9.79 Å². The van der Waals surface area contributed by atoms with Gasteiger partial charge in [-0.25, -0.2) is 12.6 Å². The smallest absolute Gasteiger partial charge is 0.265 e. The van der Waals surface area contributed by atoms with Gasteiger partial charge in [0.2, 0.25) is 0 Å². The van der Waals surface area contributed by atoms with Crippen LogP contribution in [0.3, 0.4) is 0 Å². The first-order chi connectivity index (χ1) is 9.03. The molecular formula is C13H10O4S2. The van der Waals surface area contributed by atoms with Crippen LogP contribution in [0.4, 0.5) is 4.79 Å². The SMILES string of the molecule is O=C(S(=O)c1ccccc1)S(=O)(=O)c1ccccc1. The number of rotatable bonds is 2. The van der Waals surface area contributed by atoms with E-state index in [-0.39, 0.29) is 9.79 Å². The molecule has 0 saturated heterocycles. The molecular weight excluding hydrogens is 284 g/mol. The molecule has 0 fully saturated rings. The Morgan fingerprint density at radius 1 is 0.842 bits per heavy atom. The van der Waals surface area contributed by atoms with Crippen LogP contribution in [0, 0.1) is 0 Å². The molecule has 0 aliphatic heterocycles. The van der Waals surface area contributed by atoms with Crippen molar-refractivity contribution in [1.29, 1.82) is 0 Å². The molecule has 0 saturated carbocycles. The molecule has 0 aliphatic carbocycles. The van der Waals surface area contributed by atoms with Crippen LogP contribution in [-0.2, 0) is 20.6 Å². The van der Waals surface area contributed by atoms with Crippen molar-refractivity contribution in [2.24, 2.45) is 0 Å². The Labute approximate surface area is 113 Å². The summed E-state index contributed by atoms with van der Waals surface area (Å²) in [6, 6.07) is 15.0. The highest BCUT2D eigenvalue weighted by atomic mass is 32.3. The second kappa shape index (κ2) is 5.46. The molecule has 19 heavy (non-hydrogen) atoms. The number of carbonyl (C=O) groups is 1. The van der Waals surface area contributed by atoms with Crippen LogP contribution in [0.25, 0.3) is 0 Å². The highest BCUT2D eigenvalue weighted by molar-refractivity contribution is 8.28. The number of sulfone groups is 1. The third-order valence-electron chi connectivity index (χ3n) is 2.38. The topological polar surface area (TPSA) is 68.3 Å². The van der Waals surface area contributed by atoms with E-state index in [1.54, 1.807) is 24.3 Å². The van der Waals surface area contributed by atoms with Crippen LogP contribution in [0.5, 0.6) is 0 Å². The second-order valence-electron chi connectivity index (χ2n) is 3.65. The monoisotopic (exact) mass is 294 g/mol. The Morgan fingerprint density at radius 2 is 1.32 bits per heavy atom. The average Bonchev–Trinajstić information content (AvgIpc) is 2.47. The third-order valence-corrected chi connectivity index (χ3v) is 5.83. The summed E-state index contributed by atoms with van der Waals surface area (Å²) < 4.78 is 34.7. The van der Waals surface area contributed by atoms with Crippen molar-refractivity contribution in [1.82, 2.24) is 0 Å². The van der Waals surface area contributed by atoms with Crippen molar-refractivity contribution in [3.63, 3.8) is 0 Å². The fraction of sp³-hybridized carbons (Fsp3) is 0. The Balaban J connectivity index is 2.38. The van der Waals surface area contributed by atoms with Crippen LogP contribution in [0.1, 0.15) is 0 Å². The normalized spacial score (nSPS) is 12.8. The minimum absolute atomic E-state index is 0.149. The Kier molecular flexibility index (Phi) is 3.92. The van der Waals surface area contributed by atoms with Gasteiger partial charge in [0.1, 0.15) is 10.8 Å². The van der Waals surface area contributed by atoms with Crippen LogP contribution >= 0.6 is 0 Å². The van der Waals surface area contributed by atoms with Crippen LogP contribution < -0.4 is 0 Å². The maximum Gasteiger partial charge on any atom is 0.342 e. The van der Waals surface area contributed by atoms with E-state index in [4.69, 9.17) is 0 Å². The minimum Gasteiger partial charge on any atom is -0.265 e. The number of carbonyl (C=O) groups excluding carboxylic acids is 1. The predicted octanol–water partition coefficient (Wildman–Crippen LogP) is 2.39. The van der Waals surface area contributed by atoms with E-state index in [1.807, 2.05) is 0 Å². The molecule has 0 spiro atoms. The van der Waals surface area contributed by atoms with E-state index in [0.29, 0.717) is 0 Å². The van der Waals surface area contributed by atoms with E-state index >= 15 is 0 Å². The van der Waals surface area contributed by atoms with Gasteiger partial charge in [0.25, 0.3) is 9.84 Å². The Morgan fingerprint density at radius 3 is 1.84 bits per heavy atom. The summed E-state index contributed by atoms with van der Waals surface area (Å²) in [5.41, 5.74) is 0. The van der Waals surface area contributed by atoms with Gasteiger partial charge in [-0.2, -0.15) is 0 Å². The molecule has 0 radical (unpaired) electrons. The lowest BCUT2D eigenvalue weighted by atomic mass is 10.4. The molecule has 0 heterocycles. The fourth-order valence-electron chi connectivity index (χ4n) is 1.44. The minimum atomic E-state index is -4.23. The van der Waals surface area contributed by atoms with Crippen molar-refractivity contribution in [3.8, 4) is 0 Å². The van der Waals surface area contributed by atoms with E-state index in [9.17, 15) is 17.4 Å². The van der Waals surface area contributed by atoms with Gasteiger partial charge in [-0.3, -0.25) is 4.79 Å². The van der Waals surface area contributed by atoms with E-state index < -0.39 is 25.1 Å². The third kappa shape index (κ3) is 2.80. The summed E-state index contributed by atoms with van der Waals surface area (Å²) in [5, 5.41) is 0. The molecule has 1 unspecified atom stereocenters. The maximum atomic E-state index is 12.0. The van der Waals surface area contributed by atoms with Crippen molar-refractivity contribution in [3.05, 3.63) is 60.7 Å². The fourth-order valence-corrected chi connectivity index (χ4v) is 4.11. The van der Waals surface area contributed by atoms with Gasteiger partial charge in [0.05, 0.1) is 4.90 Å². The van der Waals surface area contributed by atoms with Gasteiger partial charge in [-0.05, 0) is 24.3 Å². The summed E-state index contributed by atoms with van der Waals surface area (Å²) in [6.07, 6.45) is 0. The van der Waals surface area contributed by atoms with Crippen LogP contribution in [0.15, 0.2) is 70.5 Å². The van der Waals surface area contributed by atoms with Crippen LogP contribution in [0.2, 0.25) is 0 Å². The summed E-state index contributed by atoms with van der Waals surface area (Å²) in [7, 11) is -6.45. The molecule has 6 heteroatoms. The molecule has 1 atom stereocenters. The molecule has 2 rings (SSSR count).